The number of carbonyl (C=O) groups excluding carboxylic acids is 2. The third-order valence-corrected chi connectivity index (χ3v) is 5.48. The lowest BCUT2D eigenvalue weighted by Crippen LogP contribution is -2.54. The van der Waals surface area contributed by atoms with Crippen LogP contribution in [0, 0.1) is 5.92 Å². The number of halogens is 1. The number of benzene rings is 1. The molecule has 1 aliphatic carbocycles. The predicted octanol–water partition coefficient (Wildman–Crippen LogP) is 2.91. The fraction of sp³-hybridized carbons (Fsp3) is 0.524. The first-order chi connectivity index (χ1) is 13.6. The van der Waals surface area contributed by atoms with E-state index >= 15 is 0 Å². The minimum Gasteiger partial charge on any atom is -0.483 e. The maximum absolute atomic E-state index is 12.5. The van der Waals surface area contributed by atoms with E-state index in [9.17, 15) is 9.59 Å². The second-order valence-electron chi connectivity index (χ2n) is 7.12. The van der Waals surface area contributed by atoms with E-state index < -0.39 is 0 Å². The molecule has 1 aromatic rings. The normalized spacial score (nSPS) is 25.6. The zero-order chi connectivity index (χ0) is 19.9. The van der Waals surface area contributed by atoms with Gasteiger partial charge in [-0.3, -0.25) is 9.59 Å². The van der Waals surface area contributed by atoms with Crippen LogP contribution in [-0.2, 0) is 19.1 Å². The van der Waals surface area contributed by atoms with Crippen LogP contribution in [-0.4, -0.2) is 43.7 Å². The standard InChI is InChI=1S/C21H27ClN2O4/c1-2-27-11-5-10-23-20(25)15-8-9-18-17(12-15)24-21(26)19(28-18)13-14-6-3-4-7-16(14)22/h3-4,6-7,13,15,17-18H,2,5,8-12H2,1H3,(H,23,25)(H,24,26)/b19-13-. The molecule has 152 valence electrons. The molecule has 2 amide bonds. The SMILES string of the molecule is CCOCCCNC(=O)C1CCC2O/C(=C\c3ccccc3Cl)C(=O)NC2C1. The topological polar surface area (TPSA) is 76.7 Å². The fourth-order valence-corrected chi connectivity index (χ4v) is 3.83. The first-order valence-corrected chi connectivity index (χ1v) is 10.3. The van der Waals surface area contributed by atoms with Crippen LogP contribution in [0.4, 0.5) is 0 Å². The van der Waals surface area contributed by atoms with Gasteiger partial charge in [-0.25, -0.2) is 0 Å². The second-order valence-corrected chi connectivity index (χ2v) is 7.53. The summed E-state index contributed by atoms with van der Waals surface area (Å²) in [6.07, 6.45) is 4.41. The maximum atomic E-state index is 12.5. The second kappa shape index (κ2) is 9.94. The van der Waals surface area contributed by atoms with Gasteiger partial charge >= 0.3 is 0 Å². The summed E-state index contributed by atoms with van der Waals surface area (Å²) in [4.78, 5) is 24.9. The number of amides is 2. The average Bonchev–Trinajstić information content (AvgIpc) is 2.69. The molecule has 0 spiro atoms. The van der Waals surface area contributed by atoms with Crippen LogP contribution in [0.1, 0.15) is 38.2 Å². The van der Waals surface area contributed by atoms with Crippen LogP contribution >= 0.6 is 11.6 Å². The van der Waals surface area contributed by atoms with Gasteiger partial charge in [0.2, 0.25) is 5.91 Å². The third-order valence-electron chi connectivity index (χ3n) is 5.14. The van der Waals surface area contributed by atoms with Gasteiger partial charge in [0, 0.05) is 30.7 Å². The molecule has 3 unspecified atom stereocenters. The Balaban J connectivity index is 1.54. The zero-order valence-electron chi connectivity index (χ0n) is 16.1. The third kappa shape index (κ3) is 5.26. The van der Waals surface area contributed by atoms with Crippen LogP contribution in [0.15, 0.2) is 30.0 Å². The molecule has 1 aliphatic heterocycles. The van der Waals surface area contributed by atoms with Gasteiger partial charge in [0.05, 0.1) is 6.04 Å². The largest absolute Gasteiger partial charge is 0.483 e. The highest BCUT2D eigenvalue weighted by Gasteiger charge is 2.40. The first kappa shape index (κ1) is 20.7. The summed E-state index contributed by atoms with van der Waals surface area (Å²) in [6.45, 7) is 3.90. The summed E-state index contributed by atoms with van der Waals surface area (Å²) in [5.74, 6) is -0.0555. The summed E-state index contributed by atoms with van der Waals surface area (Å²) in [5, 5.41) is 6.54. The molecule has 28 heavy (non-hydrogen) atoms. The molecule has 2 fully saturated rings. The molecule has 1 saturated heterocycles. The average molecular weight is 407 g/mol. The molecule has 3 atom stereocenters. The van der Waals surface area contributed by atoms with E-state index in [0.717, 1.165) is 24.8 Å². The molecular formula is C21H27ClN2O4. The number of hydrogen-bond donors (Lipinski definition) is 2. The Morgan fingerprint density at radius 2 is 2.21 bits per heavy atom. The minimum atomic E-state index is -0.265. The van der Waals surface area contributed by atoms with Gasteiger partial charge in [0.1, 0.15) is 6.10 Å². The molecule has 2 N–H and O–H groups in total. The molecule has 0 radical (unpaired) electrons. The van der Waals surface area contributed by atoms with Crippen LogP contribution < -0.4 is 10.6 Å². The Kier molecular flexibility index (Phi) is 7.34. The first-order valence-electron chi connectivity index (χ1n) is 9.87. The van der Waals surface area contributed by atoms with Crippen molar-refractivity contribution in [3.63, 3.8) is 0 Å². The monoisotopic (exact) mass is 406 g/mol. The van der Waals surface area contributed by atoms with Crippen molar-refractivity contribution in [3.8, 4) is 0 Å². The van der Waals surface area contributed by atoms with Crippen LogP contribution in [0.25, 0.3) is 6.08 Å². The number of carbonyl (C=O) groups is 2. The predicted molar refractivity (Wildman–Crippen MR) is 108 cm³/mol. The van der Waals surface area contributed by atoms with Gasteiger partial charge in [-0.05, 0) is 50.3 Å². The van der Waals surface area contributed by atoms with Gasteiger partial charge in [-0.1, -0.05) is 29.8 Å². The molecule has 3 rings (SSSR count). The Labute approximate surface area is 170 Å². The van der Waals surface area contributed by atoms with E-state index in [0.29, 0.717) is 31.2 Å². The molecule has 0 bridgehead atoms. The summed E-state index contributed by atoms with van der Waals surface area (Å²) < 4.78 is 11.2. The van der Waals surface area contributed by atoms with Gasteiger partial charge in [-0.2, -0.15) is 0 Å². The fourth-order valence-electron chi connectivity index (χ4n) is 3.64. The molecule has 1 heterocycles. The van der Waals surface area contributed by atoms with Crippen molar-refractivity contribution >= 4 is 29.5 Å². The van der Waals surface area contributed by atoms with E-state index in [2.05, 4.69) is 10.6 Å². The molecule has 0 aromatic heterocycles. The lowest BCUT2D eigenvalue weighted by molar-refractivity contribution is -0.134. The van der Waals surface area contributed by atoms with Gasteiger partial charge in [-0.15, -0.1) is 0 Å². The Hall–Kier alpha value is -2.05. The van der Waals surface area contributed by atoms with Crippen molar-refractivity contribution in [3.05, 3.63) is 40.6 Å². The van der Waals surface area contributed by atoms with Crippen molar-refractivity contribution in [2.45, 2.75) is 44.8 Å². The minimum absolute atomic E-state index is 0.0432. The van der Waals surface area contributed by atoms with E-state index in [-0.39, 0.29) is 35.6 Å². The smallest absolute Gasteiger partial charge is 0.286 e. The summed E-state index contributed by atoms with van der Waals surface area (Å²) in [7, 11) is 0. The van der Waals surface area contributed by atoms with Gasteiger partial charge in [0.25, 0.3) is 5.91 Å². The molecule has 1 aromatic carbocycles. The highest BCUT2D eigenvalue weighted by molar-refractivity contribution is 6.32. The number of nitrogens with one attached hydrogen (secondary N) is 2. The Morgan fingerprint density at radius 1 is 1.39 bits per heavy atom. The Bertz CT molecular complexity index is 737. The summed E-state index contributed by atoms with van der Waals surface area (Å²) in [5.41, 5.74) is 0.743. The highest BCUT2D eigenvalue weighted by Crippen LogP contribution is 2.32. The van der Waals surface area contributed by atoms with Gasteiger partial charge in [0.15, 0.2) is 5.76 Å². The number of hydrogen-bond acceptors (Lipinski definition) is 4. The zero-order valence-corrected chi connectivity index (χ0v) is 16.8. The summed E-state index contributed by atoms with van der Waals surface area (Å²) in [6, 6.07) is 7.16. The highest BCUT2D eigenvalue weighted by atomic mass is 35.5. The molecular weight excluding hydrogens is 380 g/mol. The molecule has 6 nitrogen and oxygen atoms in total. The molecule has 1 saturated carbocycles. The van der Waals surface area contributed by atoms with Crippen molar-refractivity contribution < 1.29 is 19.1 Å². The number of fused-ring (bicyclic) bond motifs is 1. The lowest BCUT2D eigenvalue weighted by atomic mass is 9.82. The van der Waals surface area contributed by atoms with E-state index in [1.165, 1.54) is 0 Å². The van der Waals surface area contributed by atoms with E-state index in [1.54, 1.807) is 12.1 Å². The van der Waals surface area contributed by atoms with Crippen molar-refractivity contribution in [2.75, 3.05) is 19.8 Å². The van der Waals surface area contributed by atoms with Gasteiger partial charge < -0.3 is 20.1 Å². The van der Waals surface area contributed by atoms with Crippen LogP contribution in [0.5, 0.6) is 0 Å². The van der Waals surface area contributed by atoms with Crippen LogP contribution in [0.3, 0.4) is 0 Å². The number of rotatable bonds is 7. The van der Waals surface area contributed by atoms with Crippen molar-refractivity contribution in [1.29, 1.82) is 0 Å². The number of ether oxygens (including phenoxy) is 2. The van der Waals surface area contributed by atoms with Crippen molar-refractivity contribution in [1.82, 2.24) is 10.6 Å². The molecule has 7 heteroatoms. The lowest BCUT2D eigenvalue weighted by Gasteiger charge is -2.39. The molecule has 2 aliphatic rings. The summed E-state index contributed by atoms with van der Waals surface area (Å²) >= 11 is 6.17. The quantitative estimate of drug-likeness (QED) is 0.539. The van der Waals surface area contributed by atoms with E-state index in [1.807, 2.05) is 25.1 Å². The number of morpholine rings is 1. The van der Waals surface area contributed by atoms with Crippen molar-refractivity contribution in [2.24, 2.45) is 5.92 Å². The Morgan fingerprint density at radius 3 is 3.00 bits per heavy atom. The van der Waals surface area contributed by atoms with Crippen LogP contribution in [0.2, 0.25) is 5.02 Å². The maximum Gasteiger partial charge on any atom is 0.286 e. The van der Waals surface area contributed by atoms with E-state index in [4.69, 9.17) is 21.1 Å².